The van der Waals surface area contributed by atoms with Crippen molar-refractivity contribution in [3.8, 4) is 0 Å². The number of hydrogen-bond acceptors (Lipinski definition) is 3. The maximum atomic E-state index is 13.1. The van der Waals surface area contributed by atoms with Crippen LogP contribution in [0.25, 0.3) is 0 Å². The Labute approximate surface area is 158 Å². The van der Waals surface area contributed by atoms with Crippen LogP contribution in [0.2, 0.25) is 0 Å². The van der Waals surface area contributed by atoms with Crippen molar-refractivity contribution in [1.29, 1.82) is 0 Å². The lowest BCUT2D eigenvalue weighted by Gasteiger charge is -2.28. The first-order valence-corrected chi connectivity index (χ1v) is 10.0. The van der Waals surface area contributed by atoms with Crippen molar-refractivity contribution in [2.24, 2.45) is 11.8 Å². The van der Waals surface area contributed by atoms with Crippen LogP contribution < -0.4 is 4.90 Å². The molecule has 144 valence electrons. The largest absolute Gasteiger partial charge is 0.292 e. The molecular weight excluding hydrogens is 324 g/mol. The molecule has 1 aliphatic heterocycles. The first-order valence-electron chi connectivity index (χ1n) is 10.0. The zero-order valence-electron chi connectivity index (χ0n) is 17.0. The fourth-order valence-electron chi connectivity index (χ4n) is 3.32. The van der Waals surface area contributed by atoms with Crippen LogP contribution in [-0.2, 0) is 16.0 Å². The summed E-state index contributed by atoms with van der Waals surface area (Å²) in [7, 11) is 0. The normalized spacial score (nSPS) is 18.0. The van der Waals surface area contributed by atoms with Gasteiger partial charge in [0.15, 0.2) is 0 Å². The highest BCUT2D eigenvalue weighted by Crippen LogP contribution is 2.27. The summed E-state index contributed by atoms with van der Waals surface area (Å²) in [4.78, 5) is 29.3. The molecule has 1 aliphatic rings. The highest BCUT2D eigenvalue weighted by Gasteiger charge is 2.42. The van der Waals surface area contributed by atoms with E-state index in [2.05, 4.69) is 39.5 Å². The molecule has 1 atom stereocenters. The molecule has 0 saturated carbocycles. The summed E-state index contributed by atoms with van der Waals surface area (Å²) in [6.45, 7) is 12.6. The van der Waals surface area contributed by atoms with Crippen LogP contribution in [-0.4, -0.2) is 35.8 Å². The Morgan fingerprint density at radius 3 is 2.00 bits per heavy atom. The fraction of sp³-hybridized carbons (Fsp3) is 0.636. The van der Waals surface area contributed by atoms with Gasteiger partial charge in [-0.25, -0.2) is 4.90 Å². The Kier molecular flexibility index (Phi) is 7.39. The zero-order valence-corrected chi connectivity index (χ0v) is 17.0. The van der Waals surface area contributed by atoms with Gasteiger partial charge < -0.3 is 0 Å². The molecule has 0 N–H and O–H groups in total. The van der Waals surface area contributed by atoms with E-state index in [0.717, 1.165) is 32.4 Å². The van der Waals surface area contributed by atoms with Gasteiger partial charge in [-0.3, -0.25) is 14.5 Å². The SMILES string of the molecule is CCc1ccc(N2C(=O)C[C@@H](N(CCC(C)C)CCC(C)C)C2=O)cc1. The van der Waals surface area contributed by atoms with Gasteiger partial charge in [0.2, 0.25) is 5.91 Å². The third-order valence-corrected chi connectivity index (χ3v) is 5.15. The number of amides is 2. The van der Waals surface area contributed by atoms with Gasteiger partial charge in [-0.1, -0.05) is 46.8 Å². The second-order valence-corrected chi connectivity index (χ2v) is 8.21. The van der Waals surface area contributed by atoms with Crippen LogP contribution in [0.15, 0.2) is 24.3 Å². The van der Waals surface area contributed by atoms with Gasteiger partial charge in [0.05, 0.1) is 18.2 Å². The smallest absolute Gasteiger partial charge is 0.251 e. The molecule has 0 aromatic heterocycles. The van der Waals surface area contributed by atoms with Crippen LogP contribution in [0.3, 0.4) is 0 Å². The Bertz CT molecular complexity index is 595. The number of imide groups is 1. The molecule has 0 unspecified atom stereocenters. The highest BCUT2D eigenvalue weighted by atomic mass is 16.2. The average molecular weight is 359 g/mol. The Balaban J connectivity index is 2.16. The van der Waals surface area contributed by atoms with Crippen molar-refractivity contribution in [1.82, 2.24) is 4.90 Å². The lowest BCUT2D eigenvalue weighted by Crippen LogP contribution is -2.43. The number of benzene rings is 1. The van der Waals surface area contributed by atoms with E-state index in [-0.39, 0.29) is 17.9 Å². The second kappa shape index (κ2) is 9.31. The summed E-state index contributed by atoms with van der Waals surface area (Å²) in [5, 5.41) is 0. The van der Waals surface area contributed by atoms with Crippen molar-refractivity contribution in [3.63, 3.8) is 0 Å². The first-order chi connectivity index (χ1) is 12.3. The molecule has 4 heteroatoms. The maximum Gasteiger partial charge on any atom is 0.251 e. The van der Waals surface area contributed by atoms with Crippen LogP contribution in [0, 0.1) is 11.8 Å². The van der Waals surface area contributed by atoms with Gasteiger partial charge in [-0.15, -0.1) is 0 Å². The molecule has 0 spiro atoms. The summed E-state index contributed by atoms with van der Waals surface area (Å²) in [6, 6.07) is 7.47. The number of carbonyl (C=O) groups is 2. The Hall–Kier alpha value is -1.68. The molecule has 1 aromatic carbocycles. The minimum Gasteiger partial charge on any atom is -0.292 e. The number of anilines is 1. The average Bonchev–Trinajstić information content (AvgIpc) is 2.89. The van der Waals surface area contributed by atoms with E-state index >= 15 is 0 Å². The number of rotatable bonds is 9. The summed E-state index contributed by atoms with van der Waals surface area (Å²) in [5.74, 6) is 1.03. The molecule has 1 saturated heterocycles. The third kappa shape index (κ3) is 5.16. The van der Waals surface area contributed by atoms with Crippen molar-refractivity contribution in [3.05, 3.63) is 29.8 Å². The third-order valence-electron chi connectivity index (χ3n) is 5.15. The maximum absolute atomic E-state index is 13.1. The van der Waals surface area contributed by atoms with Crippen LogP contribution in [0.4, 0.5) is 5.69 Å². The minimum absolute atomic E-state index is 0.0632. The lowest BCUT2D eigenvalue weighted by molar-refractivity contribution is -0.123. The molecule has 26 heavy (non-hydrogen) atoms. The summed E-state index contributed by atoms with van der Waals surface area (Å²) in [6.07, 6.45) is 3.33. The molecule has 1 heterocycles. The molecule has 0 aliphatic carbocycles. The number of carbonyl (C=O) groups excluding carboxylic acids is 2. The molecule has 2 rings (SSSR count). The predicted molar refractivity (Wildman–Crippen MR) is 107 cm³/mol. The molecule has 1 fully saturated rings. The van der Waals surface area contributed by atoms with Gasteiger partial charge >= 0.3 is 0 Å². The molecule has 4 nitrogen and oxygen atoms in total. The summed E-state index contributed by atoms with van der Waals surface area (Å²) in [5.41, 5.74) is 1.91. The van der Waals surface area contributed by atoms with Gasteiger partial charge in [0.1, 0.15) is 0 Å². The number of aryl methyl sites for hydroxylation is 1. The highest BCUT2D eigenvalue weighted by molar-refractivity contribution is 6.22. The van der Waals surface area contributed by atoms with Crippen molar-refractivity contribution in [2.45, 2.75) is 66.3 Å². The minimum atomic E-state index is -0.314. The molecular formula is C22H34N2O2. The van der Waals surface area contributed by atoms with Gasteiger partial charge in [-0.05, 0) is 61.9 Å². The van der Waals surface area contributed by atoms with E-state index in [1.165, 1.54) is 10.5 Å². The van der Waals surface area contributed by atoms with E-state index in [1.807, 2.05) is 24.3 Å². The standard InChI is InChI=1S/C22H34N2O2/c1-6-18-7-9-19(10-8-18)24-21(25)15-20(22(24)26)23(13-11-16(2)3)14-12-17(4)5/h7-10,16-17,20H,6,11-15H2,1-5H3/t20-/m1/s1. The first kappa shape index (κ1) is 20.6. The Morgan fingerprint density at radius 1 is 1.00 bits per heavy atom. The van der Waals surface area contributed by atoms with Crippen molar-refractivity contribution >= 4 is 17.5 Å². The second-order valence-electron chi connectivity index (χ2n) is 8.21. The van der Waals surface area contributed by atoms with Gasteiger partial charge in [0.25, 0.3) is 5.91 Å². The zero-order chi connectivity index (χ0) is 19.3. The number of hydrogen-bond donors (Lipinski definition) is 0. The Morgan fingerprint density at radius 2 is 1.54 bits per heavy atom. The van der Waals surface area contributed by atoms with Gasteiger partial charge in [0, 0.05) is 0 Å². The molecule has 1 aromatic rings. The van der Waals surface area contributed by atoms with E-state index < -0.39 is 0 Å². The number of nitrogens with zero attached hydrogens (tertiary/aromatic N) is 2. The van der Waals surface area contributed by atoms with Crippen LogP contribution in [0.1, 0.15) is 59.4 Å². The fourth-order valence-corrected chi connectivity index (χ4v) is 3.32. The molecule has 2 amide bonds. The molecule has 0 bridgehead atoms. The summed E-state index contributed by atoms with van der Waals surface area (Å²) >= 11 is 0. The van der Waals surface area contributed by atoms with Gasteiger partial charge in [-0.2, -0.15) is 0 Å². The quantitative estimate of drug-likeness (QED) is 0.619. The predicted octanol–water partition coefficient (Wildman–Crippen LogP) is 4.28. The van der Waals surface area contributed by atoms with E-state index in [4.69, 9.17) is 0 Å². The van der Waals surface area contributed by atoms with Crippen LogP contribution in [0.5, 0.6) is 0 Å². The van der Waals surface area contributed by atoms with Crippen molar-refractivity contribution < 1.29 is 9.59 Å². The van der Waals surface area contributed by atoms with Crippen molar-refractivity contribution in [2.75, 3.05) is 18.0 Å². The monoisotopic (exact) mass is 358 g/mol. The summed E-state index contributed by atoms with van der Waals surface area (Å²) < 4.78 is 0. The molecule has 0 radical (unpaired) electrons. The van der Waals surface area contributed by atoms with E-state index in [0.29, 0.717) is 23.9 Å². The topological polar surface area (TPSA) is 40.6 Å². The van der Waals surface area contributed by atoms with Crippen LogP contribution >= 0.6 is 0 Å². The van der Waals surface area contributed by atoms with E-state index in [1.54, 1.807) is 0 Å². The van der Waals surface area contributed by atoms with E-state index in [9.17, 15) is 9.59 Å². The lowest BCUT2D eigenvalue weighted by atomic mass is 10.1.